The summed E-state index contributed by atoms with van der Waals surface area (Å²) in [6, 6.07) is 14.2. The highest BCUT2D eigenvalue weighted by molar-refractivity contribution is 6.31. The Hall–Kier alpha value is -2.99. The number of rotatable bonds is 7. The molecule has 0 bridgehead atoms. The third-order valence-corrected chi connectivity index (χ3v) is 4.14. The molecular weight excluding hydrogens is 367 g/mol. The van der Waals surface area contributed by atoms with E-state index >= 15 is 0 Å². The minimum absolute atomic E-state index is 0.0612. The minimum Gasteiger partial charge on any atom is -0.369 e. The molecule has 1 aromatic heterocycles. The first-order valence-electron chi connectivity index (χ1n) is 8.48. The molecule has 0 saturated heterocycles. The molecule has 0 fully saturated rings. The van der Waals surface area contributed by atoms with Crippen molar-refractivity contribution < 1.29 is 9.18 Å². The van der Waals surface area contributed by atoms with E-state index in [2.05, 4.69) is 32.7 Å². The first-order valence-corrected chi connectivity index (χ1v) is 8.86. The standard InChI is InChI=1S/C20H18ClFN4O/c21-16-11-15(8-9-17(16)22)26-20(27)18-12-25-19(13-24-18)23-10-4-7-14-5-2-1-3-6-14/h1-3,5-6,8-9,11-13H,4,7,10H2,(H,23,25)(H,26,27). The lowest BCUT2D eigenvalue weighted by Crippen LogP contribution is -2.14. The van der Waals surface area contributed by atoms with Crippen molar-refractivity contribution >= 4 is 29.0 Å². The molecule has 2 aromatic carbocycles. The highest BCUT2D eigenvalue weighted by Gasteiger charge is 2.10. The van der Waals surface area contributed by atoms with E-state index in [0.717, 1.165) is 19.4 Å². The Morgan fingerprint density at radius 1 is 1.07 bits per heavy atom. The SMILES string of the molecule is O=C(Nc1ccc(F)c(Cl)c1)c1cnc(NCCCc2ccccc2)cn1. The van der Waals surface area contributed by atoms with Gasteiger partial charge in [0.15, 0.2) is 0 Å². The molecule has 7 heteroatoms. The number of anilines is 2. The van der Waals surface area contributed by atoms with Gasteiger partial charge < -0.3 is 10.6 Å². The molecule has 2 N–H and O–H groups in total. The zero-order chi connectivity index (χ0) is 19.1. The highest BCUT2D eigenvalue weighted by atomic mass is 35.5. The lowest BCUT2D eigenvalue weighted by atomic mass is 10.1. The van der Waals surface area contributed by atoms with Crippen molar-refractivity contribution in [1.29, 1.82) is 0 Å². The maximum atomic E-state index is 13.2. The number of halogens is 2. The Labute approximate surface area is 161 Å². The molecule has 0 aliphatic heterocycles. The van der Waals surface area contributed by atoms with Gasteiger partial charge in [-0.3, -0.25) is 4.79 Å². The smallest absolute Gasteiger partial charge is 0.275 e. The fourth-order valence-corrected chi connectivity index (χ4v) is 2.64. The van der Waals surface area contributed by atoms with Gasteiger partial charge in [0, 0.05) is 12.2 Å². The van der Waals surface area contributed by atoms with Gasteiger partial charge >= 0.3 is 0 Å². The van der Waals surface area contributed by atoms with Crippen molar-refractivity contribution in [1.82, 2.24) is 9.97 Å². The first kappa shape index (κ1) is 18.8. The summed E-state index contributed by atoms with van der Waals surface area (Å²) < 4.78 is 13.2. The van der Waals surface area contributed by atoms with Gasteiger partial charge in [-0.2, -0.15) is 0 Å². The first-order chi connectivity index (χ1) is 13.1. The average Bonchev–Trinajstić information content (AvgIpc) is 2.69. The normalized spacial score (nSPS) is 10.4. The van der Waals surface area contributed by atoms with E-state index in [1.54, 1.807) is 0 Å². The summed E-state index contributed by atoms with van der Waals surface area (Å²) in [5.41, 5.74) is 1.83. The van der Waals surface area contributed by atoms with Crippen molar-refractivity contribution in [3.8, 4) is 0 Å². The molecule has 0 spiro atoms. The van der Waals surface area contributed by atoms with E-state index in [1.807, 2.05) is 18.2 Å². The summed E-state index contributed by atoms with van der Waals surface area (Å²) >= 11 is 5.70. The number of aromatic nitrogens is 2. The average molecular weight is 385 g/mol. The Bertz CT molecular complexity index is 904. The summed E-state index contributed by atoms with van der Waals surface area (Å²) in [5, 5.41) is 5.72. The quantitative estimate of drug-likeness (QED) is 0.586. The highest BCUT2D eigenvalue weighted by Crippen LogP contribution is 2.19. The van der Waals surface area contributed by atoms with Crippen LogP contribution in [0.5, 0.6) is 0 Å². The zero-order valence-corrected chi connectivity index (χ0v) is 15.2. The van der Waals surface area contributed by atoms with Crippen LogP contribution in [-0.2, 0) is 6.42 Å². The number of nitrogens with zero attached hydrogens (tertiary/aromatic N) is 2. The van der Waals surface area contributed by atoms with Crippen LogP contribution in [0.2, 0.25) is 5.02 Å². The molecule has 138 valence electrons. The number of hydrogen-bond donors (Lipinski definition) is 2. The van der Waals surface area contributed by atoms with E-state index in [9.17, 15) is 9.18 Å². The molecular formula is C20H18ClFN4O. The van der Waals surface area contributed by atoms with E-state index in [4.69, 9.17) is 11.6 Å². The molecule has 0 aliphatic carbocycles. The second kappa shape index (κ2) is 9.09. The molecule has 1 amide bonds. The third kappa shape index (κ3) is 5.49. The fraction of sp³-hybridized carbons (Fsp3) is 0.150. The van der Waals surface area contributed by atoms with Gasteiger partial charge in [0.05, 0.1) is 17.4 Å². The second-order valence-corrected chi connectivity index (χ2v) is 6.29. The van der Waals surface area contributed by atoms with Gasteiger partial charge in [-0.1, -0.05) is 41.9 Å². The maximum Gasteiger partial charge on any atom is 0.275 e. The van der Waals surface area contributed by atoms with Crippen LogP contribution in [0.4, 0.5) is 15.9 Å². The molecule has 0 radical (unpaired) electrons. The van der Waals surface area contributed by atoms with Crippen molar-refractivity contribution in [2.75, 3.05) is 17.2 Å². The minimum atomic E-state index is -0.544. The summed E-state index contributed by atoms with van der Waals surface area (Å²) in [5.74, 6) is -0.387. The van der Waals surface area contributed by atoms with Crippen molar-refractivity contribution in [3.05, 3.63) is 83.0 Å². The lowest BCUT2D eigenvalue weighted by Gasteiger charge is -2.07. The molecule has 27 heavy (non-hydrogen) atoms. The van der Waals surface area contributed by atoms with Crippen LogP contribution in [0.1, 0.15) is 22.5 Å². The van der Waals surface area contributed by atoms with Crippen LogP contribution in [0.25, 0.3) is 0 Å². The topological polar surface area (TPSA) is 66.9 Å². The largest absolute Gasteiger partial charge is 0.369 e. The predicted molar refractivity (Wildman–Crippen MR) is 105 cm³/mol. The fourth-order valence-electron chi connectivity index (χ4n) is 2.46. The Morgan fingerprint density at radius 3 is 2.59 bits per heavy atom. The van der Waals surface area contributed by atoms with Crippen LogP contribution in [0.3, 0.4) is 0 Å². The second-order valence-electron chi connectivity index (χ2n) is 5.89. The number of hydrogen-bond acceptors (Lipinski definition) is 4. The van der Waals surface area contributed by atoms with Crippen molar-refractivity contribution in [3.63, 3.8) is 0 Å². The molecule has 0 unspecified atom stereocenters. The van der Waals surface area contributed by atoms with Gasteiger partial charge in [-0.05, 0) is 36.6 Å². The van der Waals surface area contributed by atoms with E-state index in [-0.39, 0.29) is 10.7 Å². The van der Waals surface area contributed by atoms with Gasteiger partial charge in [0.2, 0.25) is 0 Å². The zero-order valence-electron chi connectivity index (χ0n) is 14.5. The van der Waals surface area contributed by atoms with Gasteiger partial charge in [-0.25, -0.2) is 14.4 Å². The number of carbonyl (C=O) groups is 1. The Kier molecular flexibility index (Phi) is 6.33. The van der Waals surface area contributed by atoms with Crippen LogP contribution < -0.4 is 10.6 Å². The molecule has 1 heterocycles. The Morgan fingerprint density at radius 2 is 1.89 bits per heavy atom. The summed E-state index contributed by atoms with van der Waals surface area (Å²) in [7, 11) is 0. The van der Waals surface area contributed by atoms with Crippen LogP contribution in [0.15, 0.2) is 60.9 Å². The molecule has 0 atom stereocenters. The summed E-state index contributed by atoms with van der Waals surface area (Å²) in [6.45, 7) is 0.753. The Balaban J connectivity index is 1.49. The predicted octanol–water partition coefficient (Wildman–Crippen LogP) is 4.57. The van der Waals surface area contributed by atoms with Crippen LogP contribution in [0, 0.1) is 5.82 Å². The summed E-state index contributed by atoms with van der Waals surface area (Å²) in [6.07, 6.45) is 4.83. The van der Waals surface area contributed by atoms with Crippen LogP contribution >= 0.6 is 11.6 Å². The van der Waals surface area contributed by atoms with E-state index in [0.29, 0.717) is 11.5 Å². The van der Waals surface area contributed by atoms with Crippen molar-refractivity contribution in [2.24, 2.45) is 0 Å². The third-order valence-electron chi connectivity index (χ3n) is 3.85. The lowest BCUT2D eigenvalue weighted by molar-refractivity contribution is 0.102. The molecule has 5 nitrogen and oxygen atoms in total. The number of amides is 1. The van der Waals surface area contributed by atoms with Crippen molar-refractivity contribution in [2.45, 2.75) is 12.8 Å². The van der Waals surface area contributed by atoms with Gasteiger partial charge in [0.1, 0.15) is 17.3 Å². The molecule has 3 aromatic rings. The van der Waals surface area contributed by atoms with E-state index < -0.39 is 11.7 Å². The van der Waals surface area contributed by atoms with Gasteiger partial charge in [0.25, 0.3) is 5.91 Å². The van der Waals surface area contributed by atoms with Gasteiger partial charge in [-0.15, -0.1) is 0 Å². The molecule has 0 aliphatic rings. The van der Waals surface area contributed by atoms with E-state index in [1.165, 1.54) is 36.2 Å². The monoisotopic (exact) mass is 384 g/mol. The molecule has 0 saturated carbocycles. The summed E-state index contributed by atoms with van der Waals surface area (Å²) in [4.78, 5) is 20.5. The maximum absolute atomic E-state index is 13.2. The number of benzene rings is 2. The molecule has 3 rings (SSSR count). The van der Waals surface area contributed by atoms with Crippen LogP contribution in [-0.4, -0.2) is 22.4 Å². The number of carbonyl (C=O) groups excluding carboxylic acids is 1. The number of aryl methyl sites for hydroxylation is 1. The number of nitrogens with one attached hydrogen (secondary N) is 2.